The lowest BCUT2D eigenvalue weighted by Crippen LogP contribution is -1.92. The molecule has 4 heteroatoms. The monoisotopic (exact) mass is 212 g/mol. The number of aromatic amines is 1. The number of nitrogen functional groups attached to an aromatic ring is 1. The predicted octanol–water partition coefficient (Wildman–Crippen LogP) is 2.15. The van der Waals surface area contributed by atoms with Crippen molar-refractivity contribution in [1.82, 2.24) is 14.5 Å². The summed E-state index contributed by atoms with van der Waals surface area (Å²) in [6.45, 7) is 0. The zero-order valence-corrected chi connectivity index (χ0v) is 8.94. The van der Waals surface area contributed by atoms with E-state index in [9.17, 15) is 0 Å². The second kappa shape index (κ2) is 3.13. The summed E-state index contributed by atoms with van der Waals surface area (Å²) in [6.07, 6.45) is 1.89. The maximum atomic E-state index is 5.74. The van der Waals surface area contributed by atoms with E-state index >= 15 is 0 Å². The van der Waals surface area contributed by atoms with Gasteiger partial charge in [0.05, 0.1) is 16.7 Å². The Balaban J connectivity index is 2.31. The molecule has 4 nitrogen and oxygen atoms in total. The first-order chi connectivity index (χ1) is 7.75. The van der Waals surface area contributed by atoms with E-state index < -0.39 is 0 Å². The Bertz CT molecular complexity index is 634. The second-order valence-corrected chi connectivity index (χ2v) is 3.83. The summed E-state index contributed by atoms with van der Waals surface area (Å²) >= 11 is 0. The molecule has 0 spiro atoms. The molecule has 3 aromatic rings. The van der Waals surface area contributed by atoms with Gasteiger partial charge in [0.15, 0.2) is 5.82 Å². The average Bonchev–Trinajstić information content (AvgIpc) is 2.86. The van der Waals surface area contributed by atoms with Crippen LogP contribution < -0.4 is 5.73 Å². The molecule has 2 heterocycles. The number of nitrogens with one attached hydrogen (secondary N) is 1. The average molecular weight is 212 g/mol. The number of benzene rings is 1. The minimum absolute atomic E-state index is 0.739. The highest BCUT2D eigenvalue weighted by molar-refractivity contribution is 5.82. The maximum Gasteiger partial charge on any atom is 0.157 e. The van der Waals surface area contributed by atoms with Crippen LogP contribution >= 0.6 is 0 Å². The summed E-state index contributed by atoms with van der Waals surface area (Å²) < 4.78 is 2.06. The molecule has 0 aliphatic rings. The smallest absolute Gasteiger partial charge is 0.157 e. The molecule has 0 atom stereocenters. The van der Waals surface area contributed by atoms with Crippen LogP contribution in [0.25, 0.3) is 22.6 Å². The first kappa shape index (κ1) is 9.03. The molecule has 0 bridgehead atoms. The van der Waals surface area contributed by atoms with Crippen molar-refractivity contribution >= 4 is 16.7 Å². The first-order valence-corrected chi connectivity index (χ1v) is 5.11. The number of fused-ring (bicyclic) bond motifs is 1. The summed E-state index contributed by atoms with van der Waals surface area (Å²) in [5, 5.41) is 0. The van der Waals surface area contributed by atoms with Crippen molar-refractivity contribution in [3.05, 3.63) is 36.5 Å². The number of nitrogens with two attached hydrogens (primary N) is 1. The van der Waals surface area contributed by atoms with Gasteiger partial charge in [-0.1, -0.05) is 0 Å². The lowest BCUT2D eigenvalue weighted by atomic mass is 10.3. The van der Waals surface area contributed by atoms with Crippen LogP contribution in [-0.2, 0) is 7.05 Å². The van der Waals surface area contributed by atoms with Gasteiger partial charge in [-0.2, -0.15) is 0 Å². The van der Waals surface area contributed by atoms with E-state index in [-0.39, 0.29) is 0 Å². The number of rotatable bonds is 1. The summed E-state index contributed by atoms with van der Waals surface area (Å²) in [5.41, 5.74) is 9.50. The molecule has 0 saturated carbocycles. The molecule has 2 aromatic heterocycles. The molecule has 0 fully saturated rings. The van der Waals surface area contributed by atoms with Crippen LogP contribution in [0, 0.1) is 0 Å². The number of aryl methyl sites for hydroxylation is 1. The first-order valence-electron chi connectivity index (χ1n) is 5.11. The zero-order valence-electron chi connectivity index (χ0n) is 8.94. The molecule has 3 rings (SSSR count). The van der Waals surface area contributed by atoms with Crippen molar-refractivity contribution in [3.63, 3.8) is 0 Å². The van der Waals surface area contributed by atoms with Crippen molar-refractivity contribution in [1.29, 1.82) is 0 Å². The molecule has 0 amide bonds. The molecule has 1 aromatic carbocycles. The van der Waals surface area contributed by atoms with Crippen LogP contribution in [-0.4, -0.2) is 14.5 Å². The highest BCUT2D eigenvalue weighted by Gasteiger charge is 2.09. The molecule has 0 aliphatic carbocycles. The predicted molar refractivity (Wildman–Crippen MR) is 64.9 cm³/mol. The quantitative estimate of drug-likeness (QED) is 0.607. The van der Waals surface area contributed by atoms with Crippen molar-refractivity contribution in [2.24, 2.45) is 7.05 Å². The van der Waals surface area contributed by atoms with Crippen molar-refractivity contribution < 1.29 is 0 Å². The van der Waals surface area contributed by atoms with E-state index in [4.69, 9.17) is 5.73 Å². The van der Waals surface area contributed by atoms with E-state index in [2.05, 4.69) is 14.5 Å². The molecule has 0 radical (unpaired) electrons. The Kier molecular flexibility index (Phi) is 1.77. The van der Waals surface area contributed by atoms with E-state index in [1.165, 1.54) is 0 Å². The Hall–Kier alpha value is -2.23. The Morgan fingerprint density at radius 2 is 2.19 bits per heavy atom. The Morgan fingerprint density at radius 1 is 1.31 bits per heavy atom. The largest absolute Gasteiger partial charge is 0.399 e. The summed E-state index contributed by atoms with van der Waals surface area (Å²) in [4.78, 5) is 7.72. The van der Waals surface area contributed by atoms with Gasteiger partial charge in [-0.3, -0.25) is 0 Å². The third-order valence-electron chi connectivity index (χ3n) is 2.74. The van der Waals surface area contributed by atoms with Crippen LogP contribution in [0.3, 0.4) is 0 Å². The van der Waals surface area contributed by atoms with Crippen molar-refractivity contribution in [3.8, 4) is 11.5 Å². The number of nitrogens with zero attached hydrogens (tertiary/aromatic N) is 2. The van der Waals surface area contributed by atoms with E-state index in [0.717, 1.165) is 28.2 Å². The van der Waals surface area contributed by atoms with Gasteiger partial charge in [-0.25, -0.2) is 4.98 Å². The third-order valence-corrected chi connectivity index (χ3v) is 2.74. The summed E-state index contributed by atoms with van der Waals surface area (Å²) in [5.74, 6) is 0.922. The van der Waals surface area contributed by atoms with E-state index in [0.29, 0.717) is 0 Å². The van der Waals surface area contributed by atoms with Gasteiger partial charge in [0.1, 0.15) is 0 Å². The van der Waals surface area contributed by atoms with Crippen LogP contribution in [0.5, 0.6) is 0 Å². The van der Waals surface area contributed by atoms with Gasteiger partial charge in [-0.15, -0.1) is 0 Å². The van der Waals surface area contributed by atoms with E-state index in [1.54, 1.807) is 0 Å². The van der Waals surface area contributed by atoms with Gasteiger partial charge in [0.25, 0.3) is 0 Å². The van der Waals surface area contributed by atoms with Crippen molar-refractivity contribution in [2.45, 2.75) is 0 Å². The minimum atomic E-state index is 0.739. The number of anilines is 1. The highest BCUT2D eigenvalue weighted by Crippen LogP contribution is 2.23. The van der Waals surface area contributed by atoms with Gasteiger partial charge in [0.2, 0.25) is 0 Å². The van der Waals surface area contributed by atoms with Crippen molar-refractivity contribution in [2.75, 3.05) is 5.73 Å². The standard InChI is InChI=1S/C12H12N4/c1-16-11-5-4-8(13)7-10(11)15-12(16)9-3-2-6-14-9/h2-7,14H,13H2,1H3. The molecule has 0 aliphatic heterocycles. The molecule has 3 N–H and O–H groups in total. The molecule has 0 saturated heterocycles. The van der Waals surface area contributed by atoms with Crippen LogP contribution in [0.1, 0.15) is 0 Å². The molecule has 80 valence electrons. The van der Waals surface area contributed by atoms with Gasteiger partial charge >= 0.3 is 0 Å². The van der Waals surface area contributed by atoms with Gasteiger partial charge in [0, 0.05) is 18.9 Å². The lowest BCUT2D eigenvalue weighted by molar-refractivity contribution is 0.953. The normalized spacial score (nSPS) is 11.1. The van der Waals surface area contributed by atoms with Crippen LogP contribution in [0.15, 0.2) is 36.5 Å². The Morgan fingerprint density at radius 3 is 2.94 bits per heavy atom. The topological polar surface area (TPSA) is 59.6 Å². The fraction of sp³-hybridized carbons (Fsp3) is 0.0833. The number of hydrogen-bond acceptors (Lipinski definition) is 2. The number of aromatic nitrogens is 3. The van der Waals surface area contributed by atoms with E-state index in [1.807, 2.05) is 43.6 Å². The second-order valence-electron chi connectivity index (χ2n) is 3.83. The minimum Gasteiger partial charge on any atom is -0.399 e. The molecular weight excluding hydrogens is 200 g/mol. The molecule has 16 heavy (non-hydrogen) atoms. The molecule has 0 unspecified atom stereocenters. The SMILES string of the molecule is Cn1c(-c2ccc[nH]2)nc2cc(N)ccc21. The number of H-pyrrole nitrogens is 1. The zero-order chi connectivity index (χ0) is 11.1. The van der Waals surface area contributed by atoms with Crippen LogP contribution in [0.2, 0.25) is 0 Å². The summed E-state index contributed by atoms with van der Waals surface area (Å²) in [7, 11) is 2.00. The third kappa shape index (κ3) is 1.20. The maximum absolute atomic E-state index is 5.74. The fourth-order valence-corrected chi connectivity index (χ4v) is 1.93. The number of hydrogen-bond donors (Lipinski definition) is 2. The molecular formula is C12H12N4. The van der Waals surface area contributed by atoms with Gasteiger partial charge < -0.3 is 15.3 Å². The highest BCUT2D eigenvalue weighted by atomic mass is 15.1. The number of imidazole rings is 1. The fourth-order valence-electron chi connectivity index (χ4n) is 1.93. The summed E-state index contributed by atoms with van der Waals surface area (Å²) in [6, 6.07) is 9.74. The van der Waals surface area contributed by atoms with Crippen LogP contribution in [0.4, 0.5) is 5.69 Å². The Labute approximate surface area is 92.7 Å². The van der Waals surface area contributed by atoms with Gasteiger partial charge in [-0.05, 0) is 30.3 Å². The lowest BCUT2D eigenvalue weighted by Gasteiger charge is -1.99.